The SMILES string of the molecule is C=CCOc1ccc(CNCc2c(C)noc2C)cc1. The average Bonchev–Trinajstić information content (AvgIpc) is 2.78. The molecule has 1 aromatic heterocycles. The molecule has 0 unspecified atom stereocenters. The first kappa shape index (κ1) is 14.3. The topological polar surface area (TPSA) is 47.3 Å². The quantitative estimate of drug-likeness (QED) is 0.787. The van der Waals surface area contributed by atoms with Gasteiger partial charge in [0.1, 0.15) is 18.1 Å². The van der Waals surface area contributed by atoms with Gasteiger partial charge in [-0.2, -0.15) is 0 Å². The number of rotatable bonds is 7. The Balaban J connectivity index is 1.83. The van der Waals surface area contributed by atoms with E-state index in [1.165, 1.54) is 5.56 Å². The van der Waals surface area contributed by atoms with Crippen LogP contribution in [0.5, 0.6) is 5.75 Å². The summed E-state index contributed by atoms with van der Waals surface area (Å²) in [5, 5.41) is 7.33. The van der Waals surface area contributed by atoms with Crippen LogP contribution in [0.2, 0.25) is 0 Å². The Hall–Kier alpha value is -2.07. The van der Waals surface area contributed by atoms with Crippen molar-refractivity contribution in [3.63, 3.8) is 0 Å². The van der Waals surface area contributed by atoms with Crippen LogP contribution in [0.3, 0.4) is 0 Å². The number of hydrogen-bond donors (Lipinski definition) is 1. The Bertz CT molecular complexity index is 539. The zero-order valence-electron chi connectivity index (χ0n) is 12.0. The van der Waals surface area contributed by atoms with Gasteiger partial charge in [0.2, 0.25) is 0 Å². The summed E-state index contributed by atoms with van der Waals surface area (Å²) in [6.07, 6.45) is 1.74. The number of aryl methyl sites for hydroxylation is 2. The molecule has 0 fully saturated rings. The van der Waals surface area contributed by atoms with Crippen molar-refractivity contribution in [3.05, 3.63) is 59.5 Å². The predicted octanol–water partition coefficient (Wildman–Crippen LogP) is 3.15. The molecule has 0 atom stereocenters. The summed E-state index contributed by atoms with van der Waals surface area (Å²) in [6, 6.07) is 8.05. The molecule has 0 aliphatic heterocycles. The fourth-order valence-corrected chi connectivity index (χ4v) is 1.94. The third kappa shape index (κ3) is 3.71. The van der Waals surface area contributed by atoms with Crippen molar-refractivity contribution in [2.24, 2.45) is 0 Å². The molecular formula is C16H20N2O2. The third-order valence-electron chi connectivity index (χ3n) is 3.10. The number of ether oxygens (including phenoxy) is 1. The van der Waals surface area contributed by atoms with Gasteiger partial charge >= 0.3 is 0 Å². The zero-order chi connectivity index (χ0) is 14.4. The van der Waals surface area contributed by atoms with Crippen LogP contribution in [0.25, 0.3) is 0 Å². The minimum Gasteiger partial charge on any atom is -0.490 e. The summed E-state index contributed by atoms with van der Waals surface area (Å²) < 4.78 is 10.6. The first-order chi connectivity index (χ1) is 9.70. The van der Waals surface area contributed by atoms with Crippen LogP contribution >= 0.6 is 0 Å². The van der Waals surface area contributed by atoms with Crippen LogP contribution in [-0.4, -0.2) is 11.8 Å². The summed E-state index contributed by atoms with van der Waals surface area (Å²) >= 11 is 0. The first-order valence-corrected chi connectivity index (χ1v) is 6.66. The van der Waals surface area contributed by atoms with Gasteiger partial charge < -0.3 is 14.6 Å². The van der Waals surface area contributed by atoms with Crippen LogP contribution in [-0.2, 0) is 13.1 Å². The molecule has 1 N–H and O–H groups in total. The molecule has 0 aliphatic rings. The molecule has 20 heavy (non-hydrogen) atoms. The van der Waals surface area contributed by atoms with E-state index in [0.717, 1.165) is 35.9 Å². The van der Waals surface area contributed by atoms with Crippen molar-refractivity contribution < 1.29 is 9.26 Å². The molecule has 2 aromatic rings. The Morgan fingerprint density at radius 2 is 2.00 bits per heavy atom. The fraction of sp³-hybridized carbons (Fsp3) is 0.312. The van der Waals surface area contributed by atoms with Gasteiger partial charge in [-0.3, -0.25) is 0 Å². The molecule has 1 heterocycles. The van der Waals surface area contributed by atoms with Gasteiger partial charge in [-0.15, -0.1) is 0 Å². The van der Waals surface area contributed by atoms with E-state index in [-0.39, 0.29) is 0 Å². The summed E-state index contributed by atoms with van der Waals surface area (Å²) in [4.78, 5) is 0. The number of hydrogen-bond acceptors (Lipinski definition) is 4. The summed E-state index contributed by atoms with van der Waals surface area (Å²) in [5.74, 6) is 1.74. The van der Waals surface area contributed by atoms with Crippen LogP contribution in [0.4, 0.5) is 0 Å². The molecule has 2 rings (SSSR count). The van der Waals surface area contributed by atoms with Gasteiger partial charge in [0, 0.05) is 18.7 Å². The molecule has 0 saturated carbocycles. The number of aromatic nitrogens is 1. The van der Waals surface area contributed by atoms with Crippen molar-refractivity contribution in [2.75, 3.05) is 6.61 Å². The molecule has 0 saturated heterocycles. The summed E-state index contributed by atoms with van der Waals surface area (Å²) in [6.45, 7) is 9.60. The highest BCUT2D eigenvalue weighted by Crippen LogP contribution is 2.14. The smallest absolute Gasteiger partial charge is 0.138 e. The average molecular weight is 272 g/mol. The molecule has 0 spiro atoms. The lowest BCUT2D eigenvalue weighted by atomic mass is 10.2. The number of benzene rings is 1. The molecule has 0 bridgehead atoms. The number of nitrogens with zero attached hydrogens (tertiary/aromatic N) is 1. The van der Waals surface area contributed by atoms with Crippen LogP contribution in [0.15, 0.2) is 41.4 Å². The van der Waals surface area contributed by atoms with Crippen molar-refractivity contribution in [3.8, 4) is 5.75 Å². The highest BCUT2D eigenvalue weighted by Gasteiger charge is 2.07. The fourth-order valence-electron chi connectivity index (χ4n) is 1.94. The van der Waals surface area contributed by atoms with Gasteiger partial charge in [0.05, 0.1) is 5.69 Å². The molecular weight excluding hydrogens is 252 g/mol. The molecule has 106 valence electrons. The van der Waals surface area contributed by atoms with Crippen molar-refractivity contribution in [1.82, 2.24) is 10.5 Å². The Morgan fingerprint density at radius 3 is 2.60 bits per heavy atom. The predicted molar refractivity (Wildman–Crippen MR) is 78.7 cm³/mol. The maximum absolute atomic E-state index is 5.45. The Kier molecular flexibility index (Phi) is 4.96. The highest BCUT2D eigenvalue weighted by molar-refractivity contribution is 5.27. The van der Waals surface area contributed by atoms with Gasteiger partial charge in [-0.05, 0) is 31.5 Å². The van der Waals surface area contributed by atoms with E-state index in [4.69, 9.17) is 9.26 Å². The second kappa shape index (κ2) is 6.91. The second-order valence-corrected chi connectivity index (χ2v) is 4.65. The van der Waals surface area contributed by atoms with E-state index >= 15 is 0 Å². The lowest BCUT2D eigenvalue weighted by Gasteiger charge is -2.07. The normalized spacial score (nSPS) is 10.5. The second-order valence-electron chi connectivity index (χ2n) is 4.65. The molecule has 0 aliphatic carbocycles. The summed E-state index contributed by atoms with van der Waals surface area (Å²) in [7, 11) is 0. The molecule has 4 nitrogen and oxygen atoms in total. The van der Waals surface area contributed by atoms with E-state index < -0.39 is 0 Å². The Morgan fingerprint density at radius 1 is 1.25 bits per heavy atom. The van der Waals surface area contributed by atoms with Crippen LogP contribution in [0.1, 0.15) is 22.6 Å². The van der Waals surface area contributed by atoms with Gasteiger partial charge in [0.15, 0.2) is 0 Å². The Labute approximate surface area is 119 Å². The van der Waals surface area contributed by atoms with E-state index in [2.05, 4.69) is 29.2 Å². The minimum absolute atomic E-state index is 0.531. The molecule has 4 heteroatoms. The van der Waals surface area contributed by atoms with Crippen LogP contribution in [0, 0.1) is 13.8 Å². The zero-order valence-corrected chi connectivity index (χ0v) is 12.0. The lowest BCUT2D eigenvalue weighted by Crippen LogP contribution is -2.13. The standard InChI is InChI=1S/C16H20N2O2/c1-4-9-19-15-7-5-14(6-8-15)10-17-11-16-12(2)18-20-13(16)3/h4-8,17H,1,9-11H2,2-3H3. The van der Waals surface area contributed by atoms with E-state index in [1.54, 1.807) is 6.08 Å². The molecule has 0 radical (unpaired) electrons. The van der Waals surface area contributed by atoms with E-state index in [9.17, 15) is 0 Å². The highest BCUT2D eigenvalue weighted by atomic mass is 16.5. The number of nitrogens with one attached hydrogen (secondary N) is 1. The lowest BCUT2D eigenvalue weighted by molar-refractivity contribution is 0.363. The summed E-state index contributed by atoms with van der Waals surface area (Å²) in [5.41, 5.74) is 3.29. The minimum atomic E-state index is 0.531. The maximum Gasteiger partial charge on any atom is 0.138 e. The van der Waals surface area contributed by atoms with E-state index in [1.807, 2.05) is 26.0 Å². The largest absolute Gasteiger partial charge is 0.490 e. The van der Waals surface area contributed by atoms with Gasteiger partial charge in [-0.25, -0.2) is 0 Å². The third-order valence-corrected chi connectivity index (χ3v) is 3.10. The van der Waals surface area contributed by atoms with Gasteiger partial charge in [-0.1, -0.05) is 29.9 Å². The van der Waals surface area contributed by atoms with Crippen molar-refractivity contribution in [1.29, 1.82) is 0 Å². The maximum atomic E-state index is 5.45. The van der Waals surface area contributed by atoms with E-state index in [0.29, 0.717) is 6.61 Å². The van der Waals surface area contributed by atoms with Crippen molar-refractivity contribution >= 4 is 0 Å². The van der Waals surface area contributed by atoms with Crippen LogP contribution < -0.4 is 10.1 Å². The monoisotopic (exact) mass is 272 g/mol. The molecule has 0 amide bonds. The van der Waals surface area contributed by atoms with Crippen molar-refractivity contribution in [2.45, 2.75) is 26.9 Å². The first-order valence-electron chi connectivity index (χ1n) is 6.66. The molecule has 1 aromatic carbocycles. The van der Waals surface area contributed by atoms with Gasteiger partial charge in [0.25, 0.3) is 0 Å².